The summed E-state index contributed by atoms with van der Waals surface area (Å²) in [6.07, 6.45) is 2.56. The second-order valence-electron chi connectivity index (χ2n) is 9.61. The third-order valence-corrected chi connectivity index (χ3v) is 6.91. The van der Waals surface area contributed by atoms with Gasteiger partial charge in [0.2, 0.25) is 5.91 Å². The number of ether oxygens (including phenoxy) is 1. The van der Waals surface area contributed by atoms with Crippen molar-refractivity contribution in [3.63, 3.8) is 0 Å². The number of esters is 1. The van der Waals surface area contributed by atoms with Crippen molar-refractivity contribution in [3.8, 4) is 0 Å². The number of carbonyl (C=O) groups is 2. The smallest absolute Gasteiger partial charge is 0.328 e. The molecule has 0 spiro atoms. The maximum Gasteiger partial charge on any atom is 0.328 e. The van der Waals surface area contributed by atoms with Gasteiger partial charge in [0.1, 0.15) is 6.04 Å². The lowest BCUT2D eigenvalue weighted by molar-refractivity contribution is -0.145. The molecule has 0 aliphatic carbocycles. The van der Waals surface area contributed by atoms with E-state index in [9.17, 15) is 9.59 Å². The van der Waals surface area contributed by atoms with Crippen LogP contribution in [0.2, 0.25) is 0 Å². The van der Waals surface area contributed by atoms with Gasteiger partial charge in [-0.15, -0.1) is 0 Å². The van der Waals surface area contributed by atoms with Gasteiger partial charge in [-0.25, -0.2) is 4.79 Å². The molecule has 5 N–H and O–H groups in total. The average molecular weight is 477 g/mol. The van der Waals surface area contributed by atoms with Crippen LogP contribution in [0.4, 0.5) is 0 Å². The van der Waals surface area contributed by atoms with E-state index in [2.05, 4.69) is 65.9 Å². The Morgan fingerprint density at radius 1 is 1.11 bits per heavy atom. The first-order valence-electron chi connectivity index (χ1n) is 12.5. The summed E-state index contributed by atoms with van der Waals surface area (Å²) >= 11 is 0. The van der Waals surface area contributed by atoms with Gasteiger partial charge in [-0.05, 0) is 60.9 Å². The Hall–Kier alpha value is -3.16. The van der Waals surface area contributed by atoms with Gasteiger partial charge in [0.25, 0.3) is 0 Å². The van der Waals surface area contributed by atoms with Crippen molar-refractivity contribution in [2.45, 2.75) is 63.6 Å². The number of H-pyrrole nitrogens is 1. The van der Waals surface area contributed by atoms with Crippen molar-refractivity contribution in [2.75, 3.05) is 13.7 Å². The van der Waals surface area contributed by atoms with Gasteiger partial charge in [0.05, 0.1) is 19.2 Å². The van der Waals surface area contributed by atoms with Crippen LogP contribution in [0.25, 0.3) is 10.9 Å². The number of carbonyl (C=O) groups excluding carboxylic acids is 2. The lowest BCUT2D eigenvalue weighted by Gasteiger charge is -2.32. The fourth-order valence-corrected chi connectivity index (χ4v) is 4.90. The Kier molecular flexibility index (Phi) is 7.88. The molecule has 186 valence electrons. The number of rotatable bonds is 9. The number of fused-ring (bicyclic) bond motifs is 3. The molecule has 1 amide bonds. The fourth-order valence-electron chi connectivity index (χ4n) is 4.90. The number of benzene rings is 2. The summed E-state index contributed by atoms with van der Waals surface area (Å²) in [6.45, 7) is 4.90. The van der Waals surface area contributed by atoms with E-state index < -0.39 is 18.1 Å². The molecule has 1 aliphatic rings. The van der Waals surface area contributed by atoms with Gasteiger partial charge in [-0.1, -0.05) is 56.3 Å². The number of aromatic amines is 1. The van der Waals surface area contributed by atoms with E-state index in [1.165, 1.54) is 12.7 Å². The molecule has 3 unspecified atom stereocenters. The first-order valence-corrected chi connectivity index (χ1v) is 12.5. The normalized spacial score (nSPS) is 18.3. The molecule has 1 aromatic heterocycles. The van der Waals surface area contributed by atoms with Gasteiger partial charge < -0.3 is 20.8 Å². The third-order valence-electron chi connectivity index (χ3n) is 6.91. The Morgan fingerprint density at radius 3 is 2.54 bits per heavy atom. The van der Waals surface area contributed by atoms with Gasteiger partial charge in [0, 0.05) is 16.6 Å². The number of methoxy groups -OCH3 is 1. The molecule has 0 radical (unpaired) electrons. The number of nitrogens with one attached hydrogen (secondary N) is 3. The molecule has 7 heteroatoms. The van der Waals surface area contributed by atoms with Gasteiger partial charge in [-0.2, -0.15) is 0 Å². The summed E-state index contributed by atoms with van der Waals surface area (Å²) in [6, 6.07) is 15.4. The van der Waals surface area contributed by atoms with Gasteiger partial charge >= 0.3 is 5.97 Å². The lowest BCUT2D eigenvalue weighted by atomic mass is 9.89. The van der Waals surface area contributed by atoms with Crippen molar-refractivity contribution < 1.29 is 14.3 Å². The molecule has 35 heavy (non-hydrogen) atoms. The van der Waals surface area contributed by atoms with E-state index in [-0.39, 0.29) is 11.9 Å². The van der Waals surface area contributed by atoms with Crippen LogP contribution in [0.3, 0.4) is 0 Å². The minimum absolute atomic E-state index is 0.170. The third kappa shape index (κ3) is 5.41. The van der Waals surface area contributed by atoms with Crippen molar-refractivity contribution >= 4 is 22.8 Å². The van der Waals surface area contributed by atoms with Crippen LogP contribution < -0.4 is 16.4 Å². The highest BCUT2D eigenvalue weighted by molar-refractivity contribution is 5.90. The Bertz CT molecular complexity index is 1170. The minimum Gasteiger partial charge on any atom is -0.467 e. The second kappa shape index (κ2) is 11.1. The molecule has 0 saturated carbocycles. The van der Waals surface area contributed by atoms with Crippen LogP contribution in [0, 0.1) is 0 Å². The molecule has 7 nitrogen and oxygen atoms in total. The summed E-state index contributed by atoms with van der Waals surface area (Å²) in [7, 11) is 1.35. The molecular formula is C28H36N4O3. The molecule has 0 saturated heterocycles. The summed E-state index contributed by atoms with van der Waals surface area (Å²) in [4.78, 5) is 29.4. The topological polar surface area (TPSA) is 109 Å². The summed E-state index contributed by atoms with van der Waals surface area (Å²) in [5.74, 6) is -0.187. The van der Waals surface area contributed by atoms with Gasteiger partial charge in [-0.3, -0.25) is 10.1 Å². The number of para-hydroxylation sites is 1. The van der Waals surface area contributed by atoms with Crippen molar-refractivity contribution in [1.29, 1.82) is 0 Å². The predicted octanol–water partition coefficient (Wildman–Crippen LogP) is 3.68. The zero-order valence-electron chi connectivity index (χ0n) is 20.8. The molecule has 2 aromatic carbocycles. The molecule has 2 heterocycles. The first kappa shape index (κ1) is 24.9. The zero-order chi connectivity index (χ0) is 24.9. The molecule has 3 atom stereocenters. The number of unbranched alkanes of at least 4 members (excludes halogenated alkanes) is 1. The van der Waals surface area contributed by atoms with E-state index in [0.29, 0.717) is 25.3 Å². The van der Waals surface area contributed by atoms with E-state index in [1.54, 1.807) is 0 Å². The van der Waals surface area contributed by atoms with Crippen LogP contribution in [-0.2, 0) is 20.7 Å². The number of hydrogen-bond donors (Lipinski definition) is 4. The van der Waals surface area contributed by atoms with E-state index >= 15 is 0 Å². The lowest BCUT2D eigenvalue weighted by Crippen LogP contribution is -2.53. The Balaban J connectivity index is 1.64. The molecule has 0 fully saturated rings. The second-order valence-corrected chi connectivity index (χ2v) is 9.61. The van der Waals surface area contributed by atoms with Crippen molar-refractivity contribution in [3.05, 3.63) is 70.9 Å². The van der Waals surface area contributed by atoms with Gasteiger partial charge in [0.15, 0.2) is 0 Å². The molecule has 1 aliphatic heterocycles. The zero-order valence-corrected chi connectivity index (χ0v) is 20.8. The SMILES string of the molecule is COC(=O)C(CCCCN)NC(=O)C1Cc2c([nH]c3ccccc23)C(c2ccc(C(C)C)cc2)N1. The molecular weight excluding hydrogens is 440 g/mol. The predicted molar refractivity (Wildman–Crippen MR) is 138 cm³/mol. The summed E-state index contributed by atoms with van der Waals surface area (Å²) in [5, 5.41) is 7.61. The maximum atomic E-state index is 13.4. The summed E-state index contributed by atoms with van der Waals surface area (Å²) in [5.41, 5.74) is 11.2. The maximum absolute atomic E-state index is 13.4. The average Bonchev–Trinajstić information content (AvgIpc) is 3.26. The van der Waals surface area contributed by atoms with Crippen molar-refractivity contribution in [1.82, 2.24) is 15.6 Å². The Labute approximate surface area is 206 Å². The molecule has 4 rings (SSSR count). The number of aromatic nitrogens is 1. The Morgan fingerprint density at radius 2 is 1.86 bits per heavy atom. The standard InChI is InChI=1S/C28H36N4O3/c1-17(2)18-11-13-19(14-12-18)25-26-21(20-8-4-5-9-22(20)30-26)16-24(31-25)27(33)32-23(28(34)35-3)10-6-7-15-29/h4-5,8-9,11-14,17,23-25,30-31H,6-7,10,15-16,29H2,1-3H3,(H,32,33). The van der Waals surface area contributed by atoms with Crippen molar-refractivity contribution in [2.24, 2.45) is 5.73 Å². The quantitative estimate of drug-likeness (QED) is 0.278. The molecule has 0 bridgehead atoms. The summed E-state index contributed by atoms with van der Waals surface area (Å²) < 4.78 is 4.94. The van der Waals surface area contributed by atoms with E-state index in [4.69, 9.17) is 10.5 Å². The highest BCUT2D eigenvalue weighted by atomic mass is 16.5. The van der Waals surface area contributed by atoms with Crippen LogP contribution in [-0.4, -0.2) is 42.6 Å². The fraction of sp³-hybridized carbons (Fsp3) is 0.429. The van der Waals surface area contributed by atoms with E-state index in [0.717, 1.165) is 40.6 Å². The highest BCUT2D eigenvalue weighted by Crippen LogP contribution is 2.35. The van der Waals surface area contributed by atoms with Crippen LogP contribution in [0.15, 0.2) is 48.5 Å². The first-order chi connectivity index (χ1) is 16.9. The largest absolute Gasteiger partial charge is 0.467 e. The highest BCUT2D eigenvalue weighted by Gasteiger charge is 2.35. The van der Waals surface area contributed by atoms with Crippen LogP contribution in [0.5, 0.6) is 0 Å². The van der Waals surface area contributed by atoms with Crippen LogP contribution in [0.1, 0.15) is 67.5 Å². The number of nitrogens with two attached hydrogens (primary N) is 1. The van der Waals surface area contributed by atoms with E-state index in [1.807, 2.05) is 12.1 Å². The number of amides is 1. The van der Waals surface area contributed by atoms with Crippen LogP contribution >= 0.6 is 0 Å². The monoisotopic (exact) mass is 476 g/mol. The number of hydrogen-bond acceptors (Lipinski definition) is 5. The molecule has 3 aromatic rings. The minimum atomic E-state index is -0.686.